The predicted octanol–water partition coefficient (Wildman–Crippen LogP) is 1.98. The van der Waals surface area contributed by atoms with Crippen LogP contribution < -0.4 is 10.6 Å². The predicted molar refractivity (Wildman–Crippen MR) is 84.4 cm³/mol. The molecule has 0 aliphatic heterocycles. The maximum absolute atomic E-state index is 12.0. The molecule has 1 aromatic rings. The van der Waals surface area contributed by atoms with Gasteiger partial charge in [0.1, 0.15) is 0 Å². The highest BCUT2D eigenvalue weighted by atomic mass is 16.2. The fraction of sp³-hybridized carbons (Fsp3) is 0.529. The van der Waals surface area contributed by atoms with Crippen molar-refractivity contribution in [2.75, 3.05) is 13.6 Å². The first-order chi connectivity index (χ1) is 10.6. The average Bonchev–Trinajstić information content (AvgIpc) is 3.30. The third kappa shape index (κ3) is 3.65. The summed E-state index contributed by atoms with van der Waals surface area (Å²) in [7, 11) is 1.95. The van der Waals surface area contributed by atoms with Gasteiger partial charge >= 0.3 is 6.03 Å². The SMILES string of the molecule is CN(CC(=O)NC(=O)NC1CC1)[C@H]1CCCc2ccccc21. The van der Waals surface area contributed by atoms with Gasteiger partial charge in [-0.3, -0.25) is 15.0 Å². The van der Waals surface area contributed by atoms with Crippen LogP contribution in [0.3, 0.4) is 0 Å². The first-order valence-corrected chi connectivity index (χ1v) is 8.02. The molecule has 0 heterocycles. The Morgan fingerprint density at radius 2 is 2.00 bits per heavy atom. The Bertz CT molecular complexity index is 569. The van der Waals surface area contributed by atoms with Crippen molar-refractivity contribution in [2.24, 2.45) is 0 Å². The van der Waals surface area contributed by atoms with Crippen LogP contribution in [-0.2, 0) is 11.2 Å². The number of hydrogen-bond donors (Lipinski definition) is 2. The van der Waals surface area contributed by atoms with Gasteiger partial charge in [0.15, 0.2) is 0 Å². The van der Waals surface area contributed by atoms with Crippen LogP contribution in [0.15, 0.2) is 24.3 Å². The van der Waals surface area contributed by atoms with Gasteiger partial charge in [-0.2, -0.15) is 0 Å². The van der Waals surface area contributed by atoms with E-state index >= 15 is 0 Å². The minimum absolute atomic E-state index is 0.233. The summed E-state index contributed by atoms with van der Waals surface area (Å²) in [4.78, 5) is 25.6. The molecule has 5 nitrogen and oxygen atoms in total. The highest BCUT2D eigenvalue weighted by Gasteiger charge is 2.26. The first kappa shape index (κ1) is 15.0. The van der Waals surface area contributed by atoms with E-state index in [1.165, 1.54) is 11.1 Å². The smallest absolute Gasteiger partial charge is 0.321 e. The fourth-order valence-corrected chi connectivity index (χ4v) is 3.14. The Hall–Kier alpha value is -1.88. The second-order valence-corrected chi connectivity index (χ2v) is 6.32. The number of aryl methyl sites for hydroxylation is 1. The summed E-state index contributed by atoms with van der Waals surface area (Å²) in [6.45, 7) is 0.233. The molecule has 22 heavy (non-hydrogen) atoms. The molecule has 2 aliphatic carbocycles. The summed E-state index contributed by atoms with van der Waals surface area (Å²) in [6.07, 6.45) is 5.32. The average molecular weight is 301 g/mol. The summed E-state index contributed by atoms with van der Waals surface area (Å²) in [6, 6.07) is 8.57. The van der Waals surface area contributed by atoms with E-state index in [-0.39, 0.29) is 30.6 Å². The third-order valence-corrected chi connectivity index (χ3v) is 4.43. The summed E-state index contributed by atoms with van der Waals surface area (Å²) < 4.78 is 0. The maximum Gasteiger partial charge on any atom is 0.321 e. The van der Waals surface area contributed by atoms with Crippen LogP contribution in [0, 0.1) is 0 Å². The van der Waals surface area contributed by atoms with E-state index in [0.717, 1.165) is 32.1 Å². The zero-order valence-electron chi connectivity index (χ0n) is 13.0. The highest BCUT2D eigenvalue weighted by Crippen LogP contribution is 2.33. The highest BCUT2D eigenvalue weighted by molar-refractivity contribution is 5.95. The molecule has 0 aromatic heterocycles. The molecule has 1 saturated carbocycles. The van der Waals surface area contributed by atoms with Crippen LogP contribution in [0.1, 0.15) is 42.9 Å². The molecule has 1 atom stereocenters. The quantitative estimate of drug-likeness (QED) is 0.894. The standard InChI is InChI=1S/C17H23N3O2/c1-20(11-16(21)19-17(22)18-13-9-10-13)15-8-4-6-12-5-2-3-7-14(12)15/h2-3,5,7,13,15H,4,6,8-11H2,1H3,(H2,18,19,21,22)/t15-/m0/s1. The van der Waals surface area contributed by atoms with Crippen LogP contribution in [-0.4, -0.2) is 36.5 Å². The van der Waals surface area contributed by atoms with Gasteiger partial charge in [0.05, 0.1) is 6.54 Å². The minimum Gasteiger partial charge on any atom is -0.335 e. The van der Waals surface area contributed by atoms with Gasteiger partial charge in [-0.1, -0.05) is 24.3 Å². The minimum atomic E-state index is -0.370. The van der Waals surface area contributed by atoms with Crippen LogP contribution >= 0.6 is 0 Å². The number of likely N-dealkylation sites (N-methyl/N-ethyl adjacent to an activating group) is 1. The third-order valence-electron chi connectivity index (χ3n) is 4.43. The van der Waals surface area contributed by atoms with Crippen LogP contribution in [0.25, 0.3) is 0 Å². The molecule has 0 unspecified atom stereocenters. The molecule has 0 saturated heterocycles. The number of fused-ring (bicyclic) bond motifs is 1. The monoisotopic (exact) mass is 301 g/mol. The summed E-state index contributed by atoms with van der Waals surface area (Å²) >= 11 is 0. The molecular formula is C17H23N3O2. The van der Waals surface area contributed by atoms with Gasteiger partial charge in [-0.15, -0.1) is 0 Å². The second-order valence-electron chi connectivity index (χ2n) is 6.32. The van der Waals surface area contributed by atoms with Gasteiger partial charge in [0.2, 0.25) is 5.91 Å². The van der Waals surface area contributed by atoms with Gasteiger partial charge in [0.25, 0.3) is 0 Å². The Kier molecular flexibility index (Phi) is 4.43. The molecule has 2 N–H and O–H groups in total. The number of hydrogen-bond acceptors (Lipinski definition) is 3. The molecule has 3 rings (SSSR count). The molecule has 0 radical (unpaired) electrons. The lowest BCUT2D eigenvalue weighted by Crippen LogP contribution is -2.45. The zero-order chi connectivity index (χ0) is 15.5. The molecule has 2 aliphatic rings. The van der Waals surface area contributed by atoms with Crippen LogP contribution in [0.4, 0.5) is 4.79 Å². The van der Waals surface area contributed by atoms with Crippen molar-refractivity contribution in [1.82, 2.24) is 15.5 Å². The van der Waals surface area contributed by atoms with E-state index < -0.39 is 0 Å². The molecule has 0 spiro atoms. The van der Waals surface area contributed by atoms with Gasteiger partial charge < -0.3 is 5.32 Å². The first-order valence-electron chi connectivity index (χ1n) is 8.02. The Morgan fingerprint density at radius 1 is 1.23 bits per heavy atom. The second kappa shape index (κ2) is 6.48. The fourth-order valence-electron chi connectivity index (χ4n) is 3.14. The lowest BCUT2D eigenvalue weighted by atomic mass is 9.87. The molecule has 118 valence electrons. The van der Waals surface area contributed by atoms with Crippen molar-refractivity contribution < 1.29 is 9.59 Å². The number of amides is 3. The van der Waals surface area contributed by atoms with E-state index in [0.29, 0.717) is 0 Å². The number of nitrogens with one attached hydrogen (secondary N) is 2. The van der Waals surface area contributed by atoms with Crippen LogP contribution in [0.2, 0.25) is 0 Å². The van der Waals surface area contributed by atoms with Crippen molar-refractivity contribution in [3.05, 3.63) is 35.4 Å². The van der Waals surface area contributed by atoms with E-state index in [9.17, 15) is 9.59 Å². The normalized spacial score (nSPS) is 20.4. The number of carbonyl (C=O) groups is 2. The van der Waals surface area contributed by atoms with Crippen molar-refractivity contribution in [3.8, 4) is 0 Å². The number of rotatable bonds is 4. The van der Waals surface area contributed by atoms with E-state index in [1.54, 1.807) is 0 Å². The van der Waals surface area contributed by atoms with Crippen molar-refractivity contribution in [1.29, 1.82) is 0 Å². The molecule has 1 fully saturated rings. The number of benzene rings is 1. The van der Waals surface area contributed by atoms with E-state index in [1.807, 2.05) is 18.0 Å². The largest absolute Gasteiger partial charge is 0.335 e. The van der Waals surface area contributed by atoms with Gasteiger partial charge in [-0.25, -0.2) is 4.79 Å². The van der Waals surface area contributed by atoms with Crippen molar-refractivity contribution in [3.63, 3.8) is 0 Å². The summed E-state index contributed by atoms with van der Waals surface area (Å²) in [5.74, 6) is -0.247. The summed E-state index contributed by atoms with van der Waals surface area (Å²) in [5, 5.41) is 5.18. The molecule has 0 bridgehead atoms. The zero-order valence-corrected chi connectivity index (χ0v) is 13.0. The van der Waals surface area contributed by atoms with Crippen LogP contribution in [0.5, 0.6) is 0 Å². The molecule has 1 aromatic carbocycles. The lowest BCUT2D eigenvalue weighted by molar-refractivity contribution is -0.121. The Balaban J connectivity index is 1.56. The number of urea groups is 1. The molecular weight excluding hydrogens is 278 g/mol. The summed E-state index contributed by atoms with van der Waals surface area (Å²) in [5.41, 5.74) is 2.68. The van der Waals surface area contributed by atoms with Gasteiger partial charge in [0, 0.05) is 12.1 Å². The number of imide groups is 1. The lowest BCUT2D eigenvalue weighted by Gasteiger charge is -2.32. The topological polar surface area (TPSA) is 61.4 Å². The van der Waals surface area contributed by atoms with E-state index in [2.05, 4.69) is 28.8 Å². The Labute approximate surface area is 131 Å². The number of carbonyl (C=O) groups excluding carboxylic acids is 2. The van der Waals surface area contributed by atoms with Crippen molar-refractivity contribution in [2.45, 2.75) is 44.2 Å². The maximum atomic E-state index is 12.0. The molecule has 5 heteroatoms. The van der Waals surface area contributed by atoms with E-state index in [4.69, 9.17) is 0 Å². The van der Waals surface area contributed by atoms with Gasteiger partial charge in [-0.05, 0) is 50.3 Å². The molecule has 3 amide bonds. The van der Waals surface area contributed by atoms with Crippen molar-refractivity contribution >= 4 is 11.9 Å². The Morgan fingerprint density at radius 3 is 2.77 bits per heavy atom. The number of nitrogens with zero attached hydrogens (tertiary/aromatic N) is 1.